The van der Waals surface area contributed by atoms with Gasteiger partial charge in [-0.05, 0) is 55.2 Å². The van der Waals surface area contributed by atoms with Gasteiger partial charge in [-0.2, -0.15) is 0 Å². The van der Waals surface area contributed by atoms with Gasteiger partial charge in [-0.1, -0.05) is 30.9 Å². The van der Waals surface area contributed by atoms with E-state index >= 15 is 0 Å². The van der Waals surface area contributed by atoms with Crippen LogP contribution in [0.15, 0.2) is 48.6 Å². The summed E-state index contributed by atoms with van der Waals surface area (Å²) in [6.45, 7) is 10.1. The summed E-state index contributed by atoms with van der Waals surface area (Å²) in [5, 5.41) is 0. The van der Waals surface area contributed by atoms with Crippen LogP contribution in [0.5, 0.6) is 0 Å². The normalized spacial score (nSPS) is 12.7. The number of hydrogen-bond donors (Lipinski definition) is 1. The Balaban J connectivity index is 3.39. The van der Waals surface area contributed by atoms with Gasteiger partial charge in [0, 0.05) is 5.69 Å². The molecular weight excluding hydrogens is 194 g/mol. The second-order valence-corrected chi connectivity index (χ2v) is 3.88. The maximum atomic E-state index is 5.82. The summed E-state index contributed by atoms with van der Waals surface area (Å²) in [7, 11) is 0. The van der Waals surface area contributed by atoms with Gasteiger partial charge in [0.05, 0.1) is 0 Å². The van der Waals surface area contributed by atoms with Crippen LogP contribution in [0.25, 0.3) is 5.57 Å². The van der Waals surface area contributed by atoms with Gasteiger partial charge in [0.15, 0.2) is 0 Å². The van der Waals surface area contributed by atoms with Crippen molar-refractivity contribution in [3.05, 3.63) is 59.7 Å². The van der Waals surface area contributed by atoms with Gasteiger partial charge in [-0.3, -0.25) is 0 Å². The molecule has 16 heavy (non-hydrogen) atoms. The minimum Gasteiger partial charge on any atom is -0.399 e. The summed E-state index contributed by atoms with van der Waals surface area (Å²) in [5.74, 6) is 0. The van der Waals surface area contributed by atoms with Crippen molar-refractivity contribution < 1.29 is 0 Å². The molecule has 0 saturated carbocycles. The Labute approximate surface area is 98.0 Å². The first-order valence-electron chi connectivity index (χ1n) is 5.42. The van der Waals surface area contributed by atoms with Crippen LogP contribution in [-0.4, -0.2) is 0 Å². The Morgan fingerprint density at radius 1 is 1.38 bits per heavy atom. The van der Waals surface area contributed by atoms with E-state index in [0.29, 0.717) is 0 Å². The SMILES string of the molecule is C=C/C(=C(C)\C=C/C)c1cc(N)ccc1C. The highest BCUT2D eigenvalue weighted by Gasteiger charge is 2.04. The predicted octanol–water partition coefficient (Wildman–Crippen LogP) is 4.11. The molecule has 0 aliphatic heterocycles. The molecule has 84 valence electrons. The Bertz CT molecular complexity index is 451. The topological polar surface area (TPSA) is 26.0 Å². The molecule has 0 heterocycles. The lowest BCUT2D eigenvalue weighted by Gasteiger charge is -2.10. The molecular formula is C15H19N. The van der Waals surface area contributed by atoms with Crippen LogP contribution in [0.2, 0.25) is 0 Å². The quantitative estimate of drug-likeness (QED) is 0.593. The smallest absolute Gasteiger partial charge is 0.0320 e. The zero-order valence-electron chi connectivity index (χ0n) is 10.2. The fraction of sp³-hybridized carbons (Fsp3) is 0.200. The molecule has 0 amide bonds. The van der Waals surface area contributed by atoms with E-state index in [1.807, 2.05) is 37.3 Å². The summed E-state index contributed by atoms with van der Waals surface area (Å²) in [6, 6.07) is 5.96. The van der Waals surface area contributed by atoms with E-state index in [-0.39, 0.29) is 0 Å². The molecule has 0 aliphatic carbocycles. The Morgan fingerprint density at radius 3 is 2.62 bits per heavy atom. The van der Waals surface area contributed by atoms with Gasteiger partial charge in [0.25, 0.3) is 0 Å². The van der Waals surface area contributed by atoms with Crippen LogP contribution >= 0.6 is 0 Å². The number of nitrogens with two attached hydrogens (primary N) is 1. The lowest BCUT2D eigenvalue weighted by atomic mass is 9.96. The summed E-state index contributed by atoms with van der Waals surface area (Å²) in [4.78, 5) is 0. The molecule has 1 nitrogen and oxygen atoms in total. The van der Waals surface area contributed by atoms with Gasteiger partial charge in [0.2, 0.25) is 0 Å². The summed E-state index contributed by atoms with van der Waals surface area (Å²) >= 11 is 0. The van der Waals surface area contributed by atoms with E-state index in [4.69, 9.17) is 5.73 Å². The fourth-order valence-electron chi connectivity index (χ4n) is 1.75. The Kier molecular flexibility index (Phi) is 4.12. The van der Waals surface area contributed by atoms with Crippen molar-refractivity contribution in [3.8, 4) is 0 Å². The summed E-state index contributed by atoms with van der Waals surface area (Å²) in [5.41, 5.74) is 11.3. The number of nitrogen functional groups attached to an aromatic ring is 1. The number of allylic oxidation sites excluding steroid dienone is 5. The first-order valence-corrected chi connectivity index (χ1v) is 5.42. The minimum atomic E-state index is 0.785. The number of hydrogen-bond acceptors (Lipinski definition) is 1. The summed E-state index contributed by atoms with van der Waals surface area (Å²) < 4.78 is 0. The molecule has 0 saturated heterocycles. The van der Waals surface area contributed by atoms with Crippen LogP contribution in [0.1, 0.15) is 25.0 Å². The highest BCUT2D eigenvalue weighted by molar-refractivity contribution is 5.80. The van der Waals surface area contributed by atoms with Crippen molar-refractivity contribution in [1.82, 2.24) is 0 Å². The fourth-order valence-corrected chi connectivity index (χ4v) is 1.75. The average Bonchev–Trinajstić information content (AvgIpc) is 2.24. The van der Waals surface area contributed by atoms with Crippen LogP contribution in [0, 0.1) is 6.92 Å². The van der Waals surface area contributed by atoms with Crippen molar-refractivity contribution in [2.24, 2.45) is 0 Å². The van der Waals surface area contributed by atoms with Gasteiger partial charge >= 0.3 is 0 Å². The molecule has 2 N–H and O–H groups in total. The van der Waals surface area contributed by atoms with Crippen LogP contribution < -0.4 is 5.73 Å². The van der Waals surface area contributed by atoms with E-state index < -0.39 is 0 Å². The first kappa shape index (κ1) is 12.3. The molecule has 1 aromatic carbocycles. The molecule has 0 spiro atoms. The molecule has 0 bridgehead atoms. The van der Waals surface area contributed by atoms with Crippen molar-refractivity contribution in [2.45, 2.75) is 20.8 Å². The van der Waals surface area contributed by atoms with E-state index in [1.165, 1.54) is 11.1 Å². The van der Waals surface area contributed by atoms with Crippen LogP contribution in [0.4, 0.5) is 5.69 Å². The van der Waals surface area contributed by atoms with Gasteiger partial charge in [0.1, 0.15) is 0 Å². The average molecular weight is 213 g/mol. The molecule has 0 unspecified atom stereocenters. The largest absolute Gasteiger partial charge is 0.399 e. The van der Waals surface area contributed by atoms with E-state index in [1.54, 1.807) is 0 Å². The number of anilines is 1. The lowest BCUT2D eigenvalue weighted by molar-refractivity contribution is 1.40. The molecule has 1 heteroatoms. The molecule has 0 radical (unpaired) electrons. The number of rotatable bonds is 3. The van der Waals surface area contributed by atoms with Crippen molar-refractivity contribution in [1.29, 1.82) is 0 Å². The zero-order chi connectivity index (χ0) is 12.1. The summed E-state index contributed by atoms with van der Waals surface area (Å²) in [6.07, 6.45) is 6.00. The molecule has 1 rings (SSSR count). The molecule has 0 aromatic heterocycles. The van der Waals surface area contributed by atoms with Gasteiger partial charge in [-0.25, -0.2) is 0 Å². The van der Waals surface area contributed by atoms with E-state index in [0.717, 1.165) is 16.8 Å². The highest BCUT2D eigenvalue weighted by atomic mass is 14.5. The van der Waals surface area contributed by atoms with Gasteiger partial charge in [-0.15, -0.1) is 0 Å². The number of aryl methyl sites for hydroxylation is 1. The maximum absolute atomic E-state index is 5.82. The Hall–Kier alpha value is -1.76. The van der Waals surface area contributed by atoms with Gasteiger partial charge < -0.3 is 5.73 Å². The predicted molar refractivity (Wildman–Crippen MR) is 73.2 cm³/mol. The monoisotopic (exact) mass is 213 g/mol. The third-order valence-electron chi connectivity index (χ3n) is 2.60. The second-order valence-electron chi connectivity index (χ2n) is 3.88. The third-order valence-corrected chi connectivity index (χ3v) is 2.60. The van der Waals surface area contributed by atoms with E-state index in [9.17, 15) is 0 Å². The van der Waals surface area contributed by atoms with Crippen molar-refractivity contribution >= 4 is 11.3 Å². The van der Waals surface area contributed by atoms with Crippen LogP contribution in [-0.2, 0) is 0 Å². The second kappa shape index (κ2) is 5.36. The molecule has 1 aromatic rings. The van der Waals surface area contributed by atoms with E-state index in [2.05, 4.69) is 26.5 Å². The maximum Gasteiger partial charge on any atom is 0.0320 e. The third kappa shape index (κ3) is 2.63. The lowest BCUT2D eigenvalue weighted by Crippen LogP contribution is -1.92. The van der Waals surface area contributed by atoms with Crippen LogP contribution in [0.3, 0.4) is 0 Å². The van der Waals surface area contributed by atoms with Crippen molar-refractivity contribution in [3.63, 3.8) is 0 Å². The zero-order valence-corrected chi connectivity index (χ0v) is 10.2. The first-order chi connectivity index (χ1) is 7.60. The molecule has 0 fully saturated rings. The minimum absolute atomic E-state index is 0.785. The Morgan fingerprint density at radius 2 is 2.06 bits per heavy atom. The van der Waals surface area contributed by atoms with Crippen molar-refractivity contribution in [2.75, 3.05) is 5.73 Å². The molecule has 0 atom stereocenters. The standard InChI is InChI=1S/C15H19N/c1-5-7-11(3)14(6-2)15-10-13(16)9-8-12(15)4/h5-10H,2,16H2,1,3-4H3/b7-5-,14-11+. The highest BCUT2D eigenvalue weighted by Crippen LogP contribution is 2.25. The molecule has 0 aliphatic rings. The number of benzene rings is 1.